The summed E-state index contributed by atoms with van der Waals surface area (Å²) in [6.45, 7) is 7.08. The molecule has 0 nitrogen and oxygen atoms in total. The van der Waals surface area contributed by atoms with Crippen LogP contribution in [-0.2, 0) is 17.7 Å². The van der Waals surface area contributed by atoms with Gasteiger partial charge in [-0.15, -0.1) is 0 Å². The van der Waals surface area contributed by atoms with Crippen molar-refractivity contribution in [3.05, 3.63) is 217 Å². The summed E-state index contributed by atoms with van der Waals surface area (Å²) >= 11 is 0. The molecule has 0 fully saturated rings. The minimum atomic E-state index is -2.08. The summed E-state index contributed by atoms with van der Waals surface area (Å²) in [5.74, 6) is 0. The summed E-state index contributed by atoms with van der Waals surface area (Å²) in [6, 6.07) is 75.3. The van der Waals surface area contributed by atoms with E-state index in [1.54, 1.807) is 0 Å². The van der Waals surface area contributed by atoms with Crippen LogP contribution in [0.5, 0.6) is 0 Å². The van der Waals surface area contributed by atoms with Crippen molar-refractivity contribution in [2.75, 3.05) is 0 Å². The molecule has 0 N–H and O–H groups in total. The first kappa shape index (κ1) is 33.9. The van der Waals surface area contributed by atoms with Crippen LogP contribution in [0.1, 0.15) is 37.5 Å². The molecule has 50 heavy (non-hydrogen) atoms. The molecule has 7 aromatic rings. The summed E-state index contributed by atoms with van der Waals surface area (Å²) < 4.78 is 0. The normalized spacial score (nSPS) is 12.1. The van der Waals surface area contributed by atoms with Crippen molar-refractivity contribution in [3.8, 4) is 0 Å². The number of benzene rings is 7. The fourth-order valence-electron chi connectivity index (χ4n) is 7.46. The van der Waals surface area contributed by atoms with E-state index in [4.69, 9.17) is 0 Å². The summed E-state index contributed by atoms with van der Waals surface area (Å²) in [7, 11) is -4.17. The van der Waals surface area contributed by atoms with Gasteiger partial charge in [0.1, 0.15) is 46.4 Å². The molecule has 0 aromatic heterocycles. The number of rotatable bonds is 10. The van der Waals surface area contributed by atoms with E-state index >= 15 is 0 Å². The van der Waals surface area contributed by atoms with Crippen LogP contribution in [0.2, 0.25) is 0 Å². The Morgan fingerprint density at radius 1 is 0.320 bits per heavy atom. The monoisotopic (exact) mass is 684 g/mol. The Balaban J connectivity index is 1.47. The van der Waals surface area contributed by atoms with Crippen molar-refractivity contribution >= 4 is 46.4 Å². The van der Waals surface area contributed by atoms with E-state index in [1.165, 1.54) is 48.5 Å². The first-order chi connectivity index (χ1) is 24.4. The van der Waals surface area contributed by atoms with Gasteiger partial charge in [0.2, 0.25) is 0 Å². The van der Waals surface area contributed by atoms with Gasteiger partial charge >= 0.3 is 0 Å². The SMILES string of the molecule is CC(C)(C)c1cc(C[P+](c2ccccc2)(c2ccccc2)c2ccccc2)cc(C[P+](c2ccccc2)(c2ccccc2)c2ccccc2)c1. The Hall–Kier alpha value is -4.60. The third-order valence-corrected chi connectivity index (χ3v) is 18.7. The van der Waals surface area contributed by atoms with Gasteiger partial charge in [0, 0.05) is 0 Å². The second-order valence-corrected chi connectivity index (χ2v) is 21.2. The minimum Gasteiger partial charge on any atom is -0.0620 e. The van der Waals surface area contributed by atoms with Gasteiger partial charge in [-0.25, -0.2) is 0 Å². The summed E-state index contributed by atoms with van der Waals surface area (Å²) in [5, 5.41) is 8.50. The molecule has 0 unspecified atom stereocenters. The van der Waals surface area contributed by atoms with Crippen molar-refractivity contribution < 1.29 is 0 Å². The topological polar surface area (TPSA) is 0 Å². The quantitative estimate of drug-likeness (QED) is 0.126. The van der Waals surface area contributed by atoms with Crippen LogP contribution in [0.25, 0.3) is 0 Å². The predicted molar refractivity (Wildman–Crippen MR) is 223 cm³/mol. The molecule has 7 rings (SSSR count). The molecule has 0 atom stereocenters. The average Bonchev–Trinajstić information content (AvgIpc) is 3.18. The standard InChI is InChI=1S/C48H46P2/c1-48(2,3)41-35-39(37-49(42-22-10-4-11-23-42,43-24-12-5-13-25-43)44-26-14-6-15-27-44)34-40(36-41)38-50(45-28-16-7-17-29-45,46-30-18-8-19-31-46)47-32-20-9-21-33-47/h4-36H,37-38H2,1-3H3/q+2. The van der Waals surface area contributed by atoms with Crippen molar-refractivity contribution in [1.82, 2.24) is 0 Å². The van der Waals surface area contributed by atoms with E-state index in [2.05, 4.69) is 221 Å². The first-order valence-corrected chi connectivity index (χ1v) is 21.6. The zero-order chi connectivity index (χ0) is 34.4. The van der Waals surface area contributed by atoms with Gasteiger partial charge in [0.05, 0.1) is 12.3 Å². The lowest BCUT2D eigenvalue weighted by Gasteiger charge is -2.30. The third kappa shape index (κ3) is 6.76. The number of hydrogen-bond donors (Lipinski definition) is 0. The Labute approximate surface area is 300 Å². The first-order valence-electron chi connectivity index (χ1n) is 17.6. The molecule has 7 aromatic carbocycles. The smallest absolute Gasteiger partial charge is 0.0620 e. The Kier molecular flexibility index (Phi) is 9.97. The van der Waals surface area contributed by atoms with E-state index in [9.17, 15) is 0 Å². The van der Waals surface area contributed by atoms with Crippen LogP contribution in [0.3, 0.4) is 0 Å². The molecular weight excluding hydrogens is 638 g/mol. The molecular formula is C48H46P2+2. The second kappa shape index (κ2) is 14.7. The maximum atomic E-state index is 2.56. The highest BCUT2D eigenvalue weighted by molar-refractivity contribution is 7.95. The molecule has 0 aliphatic heterocycles. The molecule has 0 bridgehead atoms. The molecule has 0 heterocycles. The van der Waals surface area contributed by atoms with E-state index in [0.29, 0.717) is 0 Å². The molecule has 0 amide bonds. The molecule has 0 saturated carbocycles. The Morgan fingerprint density at radius 3 is 0.740 bits per heavy atom. The van der Waals surface area contributed by atoms with E-state index < -0.39 is 14.5 Å². The molecule has 246 valence electrons. The number of hydrogen-bond acceptors (Lipinski definition) is 0. The van der Waals surface area contributed by atoms with E-state index in [0.717, 1.165) is 12.3 Å². The van der Waals surface area contributed by atoms with Crippen LogP contribution >= 0.6 is 14.5 Å². The predicted octanol–water partition coefficient (Wildman–Crippen LogP) is 9.97. The lowest BCUT2D eigenvalue weighted by atomic mass is 9.85. The highest BCUT2D eigenvalue weighted by Crippen LogP contribution is 2.60. The molecule has 0 aliphatic carbocycles. The summed E-state index contributed by atoms with van der Waals surface area (Å²) in [6.07, 6.45) is 1.91. The van der Waals surface area contributed by atoms with Gasteiger partial charge in [-0.3, -0.25) is 0 Å². The lowest BCUT2D eigenvalue weighted by molar-refractivity contribution is 0.589. The minimum absolute atomic E-state index is 0.00848. The lowest BCUT2D eigenvalue weighted by Crippen LogP contribution is -2.33. The highest BCUT2D eigenvalue weighted by atomic mass is 31.2. The largest absolute Gasteiger partial charge is 0.116 e. The highest BCUT2D eigenvalue weighted by Gasteiger charge is 2.47. The van der Waals surface area contributed by atoms with Crippen LogP contribution in [-0.4, -0.2) is 0 Å². The van der Waals surface area contributed by atoms with Crippen molar-refractivity contribution in [3.63, 3.8) is 0 Å². The Morgan fingerprint density at radius 2 is 0.540 bits per heavy atom. The zero-order valence-corrected chi connectivity index (χ0v) is 31.2. The summed E-state index contributed by atoms with van der Waals surface area (Å²) in [4.78, 5) is 0. The van der Waals surface area contributed by atoms with Gasteiger partial charge in [0.15, 0.2) is 0 Å². The fourth-order valence-corrected chi connectivity index (χ4v) is 15.9. The molecule has 0 spiro atoms. The second-order valence-electron chi connectivity index (χ2n) is 14.2. The van der Waals surface area contributed by atoms with E-state index in [1.807, 2.05) is 0 Å². The van der Waals surface area contributed by atoms with Crippen LogP contribution in [0.15, 0.2) is 200 Å². The maximum Gasteiger partial charge on any atom is 0.116 e. The van der Waals surface area contributed by atoms with E-state index in [-0.39, 0.29) is 5.41 Å². The van der Waals surface area contributed by atoms with Gasteiger partial charge in [-0.1, -0.05) is 142 Å². The molecule has 0 aliphatic rings. The van der Waals surface area contributed by atoms with Gasteiger partial charge in [-0.2, -0.15) is 0 Å². The third-order valence-electron chi connectivity index (χ3n) is 9.94. The molecule has 0 radical (unpaired) electrons. The average molecular weight is 685 g/mol. The van der Waals surface area contributed by atoms with Crippen molar-refractivity contribution in [2.45, 2.75) is 38.5 Å². The summed E-state index contributed by atoms with van der Waals surface area (Å²) in [5.41, 5.74) is 4.20. The van der Waals surface area contributed by atoms with Crippen LogP contribution in [0, 0.1) is 0 Å². The molecule has 2 heteroatoms. The van der Waals surface area contributed by atoms with Gasteiger partial charge in [-0.05, 0) is 101 Å². The fraction of sp³-hybridized carbons (Fsp3) is 0.125. The van der Waals surface area contributed by atoms with Gasteiger partial charge < -0.3 is 0 Å². The van der Waals surface area contributed by atoms with Crippen molar-refractivity contribution in [2.24, 2.45) is 0 Å². The Bertz CT molecular complexity index is 1760. The van der Waals surface area contributed by atoms with Crippen molar-refractivity contribution in [1.29, 1.82) is 0 Å². The van der Waals surface area contributed by atoms with Crippen LogP contribution in [0.4, 0.5) is 0 Å². The molecule has 0 saturated heterocycles. The van der Waals surface area contributed by atoms with Crippen LogP contribution < -0.4 is 31.8 Å². The zero-order valence-electron chi connectivity index (χ0n) is 29.4. The maximum absolute atomic E-state index is 2.56. The van der Waals surface area contributed by atoms with Gasteiger partial charge in [0.25, 0.3) is 0 Å².